The molecule has 0 unspecified atom stereocenters. The molecule has 1 N–H and O–H groups in total. The SMILES string of the molecule is CCS(=O)(=O)Nc1cc(C(=O)OC)ccc1C. The van der Waals surface area contributed by atoms with E-state index >= 15 is 0 Å². The van der Waals surface area contributed by atoms with E-state index in [1.54, 1.807) is 26.0 Å². The highest BCUT2D eigenvalue weighted by Gasteiger charge is 2.12. The molecule has 0 atom stereocenters. The summed E-state index contributed by atoms with van der Waals surface area (Å²) in [6.07, 6.45) is 0. The molecule has 0 bridgehead atoms. The van der Waals surface area contributed by atoms with Gasteiger partial charge in [-0.1, -0.05) is 6.07 Å². The lowest BCUT2D eigenvalue weighted by molar-refractivity contribution is 0.0601. The molecule has 17 heavy (non-hydrogen) atoms. The second-order valence-corrected chi connectivity index (χ2v) is 5.54. The summed E-state index contributed by atoms with van der Waals surface area (Å²) < 4.78 is 29.9. The molecule has 0 saturated heterocycles. The van der Waals surface area contributed by atoms with E-state index in [2.05, 4.69) is 9.46 Å². The first kappa shape index (κ1) is 13.5. The quantitative estimate of drug-likeness (QED) is 0.830. The second-order valence-electron chi connectivity index (χ2n) is 3.53. The highest BCUT2D eigenvalue weighted by Crippen LogP contribution is 2.18. The average molecular weight is 257 g/mol. The van der Waals surface area contributed by atoms with Crippen LogP contribution in [-0.2, 0) is 14.8 Å². The number of nitrogens with one attached hydrogen (secondary N) is 1. The Morgan fingerprint density at radius 1 is 1.41 bits per heavy atom. The van der Waals surface area contributed by atoms with Crippen LogP contribution >= 0.6 is 0 Å². The number of hydrogen-bond acceptors (Lipinski definition) is 4. The van der Waals surface area contributed by atoms with Crippen LogP contribution in [0.4, 0.5) is 5.69 Å². The van der Waals surface area contributed by atoms with Gasteiger partial charge >= 0.3 is 5.97 Å². The molecule has 6 heteroatoms. The van der Waals surface area contributed by atoms with Gasteiger partial charge in [-0.25, -0.2) is 13.2 Å². The smallest absolute Gasteiger partial charge is 0.337 e. The number of hydrogen-bond donors (Lipinski definition) is 1. The number of ether oxygens (including phenoxy) is 1. The molecule has 0 spiro atoms. The van der Waals surface area contributed by atoms with Gasteiger partial charge in [0.25, 0.3) is 0 Å². The maximum absolute atomic E-state index is 11.4. The topological polar surface area (TPSA) is 72.5 Å². The Morgan fingerprint density at radius 3 is 2.59 bits per heavy atom. The third kappa shape index (κ3) is 3.45. The third-order valence-corrected chi connectivity index (χ3v) is 3.60. The van der Waals surface area contributed by atoms with Crippen molar-refractivity contribution in [2.75, 3.05) is 17.6 Å². The minimum atomic E-state index is -3.35. The molecule has 94 valence electrons. The van der Waals surface area contributed by atoms with Crippen LogP contribution in [0.25, 0.3) is 0 Å². The molecule has 0 radical (unpaired) electrons. The first-order chi connectivity index (χ1) is 7.89. The van der Waals surface area contributed by atoms with Crippen molar-refractivity contribution in [1.29, 1.82) is 0 Å². The van der Waals surface area contributed by atoms with Crippen LogP contribution < -0.4 is 4.72 Å². The van der Waals surface area contributed by atoms with Crippen LogP contribution in [0.5, 0.6) is 0 Å². The number of anilines is 1. The normalized spacial score (nSPS) is 11.0. The van der Waals surface area contributed by atoms with E-state index in [4.69, 9.17) is 0 Å². The Labute approximate surface area is 101 Å². The largest absolute Gasteiger partial charge is 0.465 e. The number of esters is 1. The summed E-state index contributed by atoms with van der Waals surface area (Å²) in [6.45, 7) is 3.30. The zero-order valence-corrected chi connectivity index (χ0v) is 10.8. The highest BCUT2D eigenvalue weighted by atomic mass is 32.2. The van der Waals surface area contributed by atoms with Crippen LogP contribution in [0.15, 0.2) is 18.2 Å². The maximum Gasteiger partial charge on any atom is 0.337 e. The minimum absolute atomic E-state index is 0.0190. The Balaban J connectivity index is 3.11. The van der Waals surface area contributed by atoms with Gasteiger partial charge in [-0.05, 0) is 31.5 Å². The number of sulfonamides is 1. The first-order valence-electron chi connectivity index (χ1n) is 5.09. The van der Waals surface area contributed by atoms with Gasteiger partial charge in [-0.2, -0.15) is 0 Å². The summed E-state index contributed by atoms with van der Waals surface area (Å²) >= 11 is 0. The molecule has 1 aromatic carbocycles. The van der Waals surface area contributed by atoms with Gasteiger partial charge in [0, 0.05) is 0 Å². The van der Waals surface area contributed by atoms with E-state index in [1.807, 2.05) is 0 Å². The summed E-state index contributed by atoms with van der Waals surface area (Å²) in [5.41, 5.74) is 1.45. The average Bonchev–Trinajstić information content (AvgIpc) is 2.30. The maximum atomic E-state index is 11.4. The molecule has 0 saturated carbocycles. The van der Waals surface area contributed by atoms with Crippen LogP contribution in [0.2, 0.25) is 0 Å². The van der Waals surface area contributed by atoms with E-state index in [1.165, 1.54) is 13.2 Å². The molecule has 0 heterocycles. The van der Waals surface area contributed by atoms with Gasteiger partial charge in [0.2, 0.25) is 10.0 Å². The fourth-order valence-corrected chi connectivity index (χ4v) is 1.92. The van der Waals surface area contributed by atoms with Gasteiger partial charge in [0.05, 0.1) is 24.1 Å². The molecule has 0 aliphatic carbocycles. The van der Waals surface area contributed by atoms with E-state index < -0.39 is 16.0 Å². The summed E-state index contributed by atoms with van der Waals surface area (Å²) in [7, 11) is -2.07. The summed E-state index contributed by atoms with van der Waals surface area (Å²) in [4.78, 5) is 11.3. The predicted molar refractivity (Wildman–Crippen MR) is 65.6 cm³/mol. The van der Waals surface area contributed by atoms with Gasteiger partial charge in [0.15, 0.2) is 0 Å². The van der Waals surface area contributed by atoms with Crippen molar-refractivity contribution in [2.45, 2.75) is 13.8 Å². The third-order valence-electron chi connectivity index (χ3n) is 2.30. The van der Waals surface area contributed by atoms with E-state index in [0.717, 1.165) is 5.56 Å². The second kappa shape index (κ2) is 5.18. The Kier molecular flexibility index (Phi) is 4.11. The van der Waals surface area contributed by atoms with Crippen LogP contribution in [0.3, 0.4) is 0 Å². The molecular weight excluding hydrogens is 242 g/mol. The summed E-state index contributed by atoms with van der Waals surface area (Å²) in [6, 6.07) is 4.72. The van der Waals surface area contributed by atoms with Crippen molar-refractivity contribution < 1.29 is 17.9 Å². The minimum Gasteiger partial charge on any atom is -0.465 e. The summed E-state index contributed by atoms with van der Waals surface area (Å²) in [5, 5.41) is 0. The van der Waals surface area contributed by atoms with Crippen molar-refractivity contribution >= 4 is 21.7 Å². The molecular formula is C11H15NO4S. The molecule has 0 aliphatic rings. The summed E-state index contributed by atoms with van der Waals surface area (Å²) in [5.74, 6) is -0.517. The molecule has 0 aromatic heterocycles. The van der Waals surface area contributed by atoms with Crippen molar-refractivity contribution in [3.63, 3.8) is 0 Å². The van der Waals surface area contributed by atoms with Gasteiger partial charge in [0.1, 0.15) is 0 Å². The predicted octanol–water partition coefficient (Wildman–Crippen LogP) is 1.54. The van der Waals surface area contributed by atoms with Crippen molar-refractivity contribution in [2.24, 2.45) is 0 Å². The zero-order valence-electron chi connectivity index (χ0n) is 9.98. The van der Waals surface area contributed by atoms with Gasteiger partial charge in [-0.15, -0.1) is 0 Å². The lowest BCUT2D eigenvalue weighted by atomic mass is 10.1. The molecule has 5 nitrogen and oxygen atoms in total. The number of carbonyl (C=O) groups excluding carboxylic acids is 1. The Bertz CT molecular complexity index is 522. The molecule has 0 fully saturated rings. The van der Waals surface area contributed by atoms with E-state index in [-0.39, 0.29) is 5.75 Å². The molecule has 1 aromatic rings. The number of rotatable bonds is 4. The lowest BCUT2D eigenvalue weighted by Crippen LogP contribution is -2.16. The monoisotopic (exact) mass is 257 g/mol. The van der Waals surface area contributed by atoms with Crippen molar-refractivity contribution in [1.82, 2.24) is 0 Å². The molecule has 0 aliphatic heterocycles. The molecule has 0 amide bonds. The highest BCUT2D eigenvalue weighted by molar-refractivity contribution is 7.92. The standard InChI is InChI=1S/C11H15NO4S/c1-4-17(14,15)12-10-7-9(11(13)16-3)6-5-8(10)2/h5-7,12H,4H2,1-3H3. The van der Waals surface area contributed by atoms with Gasteiger partial charge in [-0.3, -0.25) is 4.72 Å². The fraction of sp³-hybridized carbons (Fsp3) is 0.364. The van der Waals surface area contributed by atoms with Crippen LogP contribution in [0.1, 0.15) is 22.8 Å². The van der Waals surface area contributed by atoms with E-state index in [0.29, 0.717) is 11.3 Å². The lowest BCUT2D eigenvalue weighted by Gasteiger charge is -2.10. The first-order valence-corrected chi connectivity index (χ1v) is 6.74. The fourth-order valence-electron chi connectivity index (χ4n) is 1.22. The Morgan fingerprint density at radius 2 is 2.06 bits per heavy atom. The number of methoxy groups -OCH3 is 1. The van der Waals surface area contributed by atoms with Crippen LogP contribution in [-0.4, -0.2) is 27.2 Å². The van der Waals surface area contributed by atoms with Crippen LogP contribution in [0, 0.1) is 6.92 Å². The zero-order chi connectivity index (χ0) is 13.1. The van der Waals surface area contributed by atoms with Crippen molar-refractivity contribution in [3.8, 4) is 0 Å². The number of aryl methyl sites for hydroxylation is 1. The number of carbonyl (C=O) groups is 1. The number of benzene rings is 1. The van der Waals surface area contributed by atoms with Gasteiger partial charge < -0.3 is 4.74 Å². The van der Waals surface area contributed by atoms with E-state index in [9.17, 15) is 13.2 Å². The molecule has 1 rings (SSSR count). The van der Waals surface area contributed by atoms with Crippen molar-refractivity contribution in [3.05, 3.63) is 29.3 Å². The Hall–Kier alpha value is -1.56.